The Hall–Kier alpha value is -1.85. The van der Waals surface area contributed by atoms with Gasteiger partial charge in [-0.15, -0.1) is 0 Å². The van der Waals surface area contributed by atoms with Gasteiger partial charge in [0.15, 0.2) is 0 Å². The molecule has 0 unspecified atom stereocenters. The third-order valence-corrected chi connectivity index (χ3v) is 1.33. The van der Waals surface area contributed by atoms with Gasteiger partial charge < -0.3 is 4.90 Å². The molecule has 0 aromatic heterocycles. The number of carbonyl (C=O) groups is 3. The number of hydrogen-bond acceptors (Lipinski definition) is 4. The average molecular weight is 183 g/mol. The minimum atomic E-state index is -0.786. The van der Waals surface area contributed by atoms with Gasteiger partial charge in [-0.2, -0.15) is 0 Å². The molecule has 6 heteroatoms. The zero-order valence-corrected chi connectivity index (χ0v) is 7.25. The fraction of sp³-hybridized carbons (Fsp3) is 0.286. The summed E-state index contributed by atoms with van der Waals surface area (Å²) in [7, 11) is 3.34. The van der Waals surface area contributed by atoms with Gasteiger partial charge in [-0.1, -0.05) is 0 Å². The standard InChI is InChI=1S/C7H9N3O3/c1-10(2)3-4-5(11)8-7(13)9-6(4)12/h3H,1-2H3,(H2,8,9,11,12,13). The summed E-state index contributed by atoms with van der Waals surface area (Å²) in [5.74, 6) is -1.36. The molecule has 1 heterocycles. The van der Waals surface area contributed by atoms with E-state index in [1.54, 1.807) is 19.0 Å². The summed E-state index contributed by atoms with van der Waals surface area (Å²) in [6.07, 6.45) is 1.34. The first-order valence-electron chi connectivity index (χ1n) is 3.55. The van der Waals surface area contributed by atoms with Crippen LogP contribution in [0.15, 0.2) is 11.8 Å². The van der Waals surface area contributed by atoms with E-state index in [-0.39, 0.29) is 5.57 Å². The number of carbonyl (C=O) groups excluding carboxylic acids is 3. The Morgan fingerprint density at radius 2 is 1.54 bits per heavy atom. The van der Waals surface area contributed by atoms with E-state index in [0.29, 0.717) is 0 Å². The number of amides is 4. The highest BCUT2D eigenvalue weighted by Gasteiger charge is 2.27. The SMILES string of the molecule is CN(C)C=C1C(=O)NC(=O)NC1=O. The van der Waals surface area contributed by atoms with E-state index in [9.17, 15) is 14.4 Å². The van der Waals surface area contributed by atoms with Gasteiger partial charge in [0.05, 0.1) is 0 Å². The van der Waals surface area contributed by atoms with E-state index < -0.39 is 17.8 Å². The molecule has 6 nitrogen and oxygen atoms in total. The second kappa shape index (κ2) is 3.26. The maximum Gasteiger partial charge on any atom is 0.328 e. The Morgan fingerprint density at radius 3 is 1.92 bits per heavy atom. The lowest BCUT2D eigenvalue weighted by Gasteiger charge is -2.15. The Bertz CT molecular complexity index is 284. The van der Waals surface area contributed by atoms with Gasteiger partial charge in [-0.25, -0.2) is 4.79 Å². The zero-order valence-electron chi connectivity index (χ0n) is 7.25. The minimum absolute atomic E-state index is 0.0791. The molecule has 1 fully saturated rings. The van der Waals surface area contributed by atoms with Gasteiger partial charge in [0.1, 0.15) is 5.57 Å². The monoisotopic (exact) mass is 183 g/mol. The molecule has 1 aliphatic rings. The molecule has 0 saturated carbocycles. The van der Waals surface area contributed by atoms with Crippen LogP contribution in [0.5, 0.6) is 0 Å². The van der Waals surface area contributed by atoms with E-state index in [0.717, 1.165) is 0 Å². The lowest BCUT2D eigenvalue weighted by Crippen LogP contribution is -2.51. The summed E-state index contributed by atoms with van der Waals surface area (Å²) < 4.78 is 0. The Kier molecular flexibility index (Phi) is 2.32. The summed E-state index contributed by atoms with van der Waals surface area (Å²) >= 11 is 0. The Balaban J connectivity index is 2.91. The van der Waals surface area contributed by atoms with Crippen LogP contribution in [-0.4, -0.2) is 36.8 Å². The van der Waals surface area contributed by atoms with Crippen molar-refractivity contribution in [2.75, 3.05) is 14.1 Å². The van der Waals surface area contributed by atoms with Crippen LogP contribution in [0.3, 0.4) is 0 Å². The van der Waals surface area contributed by atoms with E-state index in [1.165, 1.54) is 6.20 Å². The third-order valence-electron chi connectivity index (χ3n) is 1.33. The third kappa shape index (κ3) is 2.05. The van der Waals surface area contributed by atoms with Crippen LogP contribution in [0.25, 0.3) is 0 Å². The van der Waals surface area contributed by atoms with Crippen molar-refractivity contribution < 1.29 is 14.4 Å². The molecule has 0 radical (unpaired) electrons. The van der Waals surface area contributed by atoms with E-state index in [2.05, 4.69) is 0 Å². The second-order valence-corrected chi connectivity index (χ2v) is 2.74. The maximum atomic E-state index is 11.1. The number of rotatable bonds is 1. The van der Waals surface area contributed by atoms with Crippen LogP contribution in [0, 0.1) is 0 Å². The Labute approximate surface area is 74.6 Å². The number of nitrogens with one attached hydrogen (secondary N) is 2. The van der Waals surface area contributed by atoms with E-state index in [1.807, 2.05) is 10.6 Å². The molecule has 0 aromatic rings. The first-order chi connectivity index (χ1) is 6.00. The van der Waals surface area contributed by atoms with Crippen LogP contribution < -0.4 is 10.6 Å². The molecular formula is C7H9N3O3. The van der Waals surface area contributed by atoms with Crippen molar-refractivity contribution in [2.24, 2.45) is 0 Å². The van der Waals surface area contributed by atoms with Crippen LogP contribution in [0.4, 0.5) is 4.79 Å². The Morgan fingerprint density at radius 1 is 1.08 bits per heavy atom. The largest absolute Gasteiger partial charge is 0.383 e. The first-order valence-corrected chi connectivity index (χ1v) is 3.55. The van der Waals surface area contributed by atoms with Crippen molar-refractivity contribution in [1.29, 1.82) is 0 Å². The molecule has 1 rings (SSSR count). The van der Waals surface area contributed by atoms with Crippen LogP contribution in [-0.2, 0) is 9.59 Å². The van der Waals surface area contributed by atoms with E-state index in [4.69, 9.17) is 0 Å². The predicted molar refractivity (Wildman–Crippen MR) is 43.5 cm³/mol. The summed E-state index contributed by atoms with van der Waals surface area (Å²) in [4.78, 5) is 34.3. The van der Waals surface area contributed by atoms with Crippen LogP contribution in [0.1, 0.15) is 0 Å². The van der Waals surface area contributed by atoms with Gasteiger partial charge in [0, 0.05) is 20.3 Å². The second-order valence-electron chi connectivity index (χ2n) is 2.74. The summed E-state index contributed by atoms with van der Waals surface area (Å²) in [5, 5.41) is 3.92. The fourth-order valence-corrected chi connectivity index (χ4v) is 0.851. The van der Waals surface area contributed by atoms with Crippen LogP contribution in [0.2, 0.25) is 0 Å². The number of nitrogens with zero attached hydrogens (tertiary/aromatic N) is 1. The minimum Gasteiger partial charge on any atom is -0.383 e. The summed E-state index contributed by atoms with van der Waals surface area (Å²) in [6.45, 7) is 0. The van der Waals surface area contributed by atoms with Gasteiger partial charge >= 0.3 is 6.03 Å². The zero-order chi connectivity index (χ0) is 10.0. The molecule has 13 heavy (non-hydrogen) atoms. The van der Waals surface area contributed by atoms with Crippen molar-refractivity contribution in [3.63, 3.8) is 0 Å². The molecular weight excluding hydrogens is 174 g/mol. The quantitative estimate of drug-likeness (QED) is 0.395. The highest BCUT2D eigenvalue weighted by molar-refractivity contribution is 6.28. The molecule has 1 saturated heterocycles. The molecule has 0 spiro atoms. The molecule has 0 aliphatic carbocycles. The smallest absolute Gasteiger partial charge is 0.328 e. The highest BCUT2D eigenvalue weighted by atomic mass is 16.2. The van der Waals surface area contributed by atoms with E-state index >= 15 is 0 Å². The molecule has 1 aliphatic heterocycles. The van der Waals surface area contributed by atoms with Gasteiger partial charge in [-0.05, 0) is 0 Å². The predicted octanol–water partition coefficient (Wildman–Crippen LogP) is -1.20. The topological polar surface area (TPSA) is 78.5 Å². The van der Waals surface area contributed by atoms with Crippen molar-refractivity contribution in [3.05, 3.63) is 11.8 Å². The van der Waals surface area contributed by atoms with Crippen molar-refractivity contribution in [2.45, 2.75) is 0 Å². The lowest BCUT2D eigenvalue weighted by atomic mass is 10.2. The number of barbiturate groups is 1. The van der Waals surface area contributed by atoms with Crippen LogP contribution >= 0.6 is 0 Å². The normalized spacial score (nSPS) is 16.5. The van der Waals surface area contributed by atoms with Crippen molar-refractivity contribution >= 4 is 17.8 Å². The summed E-state index contributed by atoms with van der Waals surface area (Å²) in [6, 6.07) is -0.786. The van der Waals surface area contributed by atoms with Gasteiger partial charge in [0.2, 0.25) is 0 Å². The lowest BCUT2D eigenvalue weighted by molar-refractivity contribution is -0.124. The first kappa shape index (κ1) is 9.24. The van der Waals surface area contributed by atoms with Gasteiger partial charge in [0.25, 0.3) is 11.8 Å². The number of imide groups is 2. The highest BCUT2D eigenvalue weighted by Crippen LogP contribution is 2.00. The van der Waals surface area contributed by atoms with Gasteiger partial charge in [-0.3, -0.25) is 20.2 Å². The maximum absolute atomic E-state index is 11.1. The average Bonchev–Trinajstić information content (AvgIpc) is 1.96. The molecule has 4 amide bonds. The molecule has 0 bridgehead atoms. The number of urea groups is 1. The molecule has 0 atom stereocenters. The summed E-state index contributed by atoms with van der Waals surface area (Å²) in [5.41, 5.74) is -0.0791. The van der Waals surface area contributed by atoms with Crippen molar-refractivity contribution in [3.8, 4) is 0 Å². The number of hydrogen-bond donors (Lipinski definition) is 2. The molecule has 2 N–H and O–H groups in total. The molecule has 70 valence electrons. The molecule has 0 aromatic carbocycles. The van der Waals surface area contributed by atoms with Crippen molar-refractivity contribution in [1.82, 2.24) is 15.5 Å². The fourth-order valence-electron chi connectivity index (χ4n) is 0.851.